The Balaban J connectivity index is 1.32. The van der Waals surface area contributed by atoms with Gasteiger partial charge in [-0.25, -0.2) is 4.79 Å². The molecular weight excluding hydrogens is 631 g/mol. The second-order valence-electron chi connectivity index (χ2n) is 15.1. The number of hydrogen-bond acceptors (Lipinski definition) is 8. The van der Waals surface area contributed by atoms with Crippen LogP contribution in [-0.2, 0) is 29.9 Å². The van der Waals surface area contributed by atoms with Gasteiger partial charge in [0.15, 0.2) is 14.1 Å². The molecule has 8 nitrogen and oxygen atoms in total. The standard InChI is InChI=1S/C37H57NO7SSi/c1-9-10-11-15-30(45-47(7,8)36(2,3)4)26-16-18-28(19-17-26)38-27(20-23-34(38)40)13-12-14-29-21-22-33(46-29)35(41)42-25-32-31(24-39)43-37(5,6)44-32/h16-19,21-22,27,30-32,39H,9-15,20,23-25H2,1-8H3/t27?,30-,31-,32-/m0/s1. The molecule has 3 heterocycles. The van der Waals surface area contributed by atoms with Crippen molar-refractivity contribution in [2.24, 2.45) is 0 Å². The van der Waals surface area contributed by atoms with Crippen LogP contribution in [-0.4, -0.2) is 62.6 Å². The molecular formula is C37H57NO7SSi. The van der Waals surface area contributed by atoms with Gasteiger partial charge in [-0.2, -0.15) is 0 Å². The van der Waals surface area contributed by atoms with Crippen molar-refractivity contribution in [3.63, 3.8) is 0 Å². The highest BCUT2D eigenvalue weighted by Gasteiger charge is 2.42. The summed E-state index contributed by atoms with van der Waals surface area (Å²) in [4.78, 5) is 29.4. The molecule has 2 saturated heterocycles. The number of aliphatic hydroxyl groups excluding tert-OH is 1. The third-order valence-corrected chi connectivity index (χ3v) is 15.5. The maximum Gasteiger partial charge on any atom is 0.348 e. The van der Waals surface area contributed by atoms with Gasteiger partial charge in [-0.3, -0.25) is 4.79 Å². The zero-order valence-corrected chi connectivity index (χ0v) is 31.6. The Bertz CT molecular complexity index is 1320. The molecule has 4 rings (SSSR count). The lowest BCUT2D eigenvalue weighted by molar-refractivity contribution is -0.151. The first kappa shape index (κ1) is 37.7. The summed E-state index contributed by atoms with van der Waals surface area (Å²) in [5.74, 6) is -1.03. The maximum absolute atomic E-state index is 13.0. The summed E-state index contributed by atoms with van der Waals surface area (Å²) < 4.78 is 23.8. The molecule has 1 unspecified atom stereocenters. The van der Waals surface area contributed by atoms with Crippen LogP contribution in [0.15, 0.2) is 36.4 Å². The molecule has 47 heavy (non-hydrogen) atoms. The van der Waals surface area contributed by atoms with Gasteiger partial charge in [0.05, 0.1) is 12.7 Å². The quantitative estimate of drug-likeness (QED) is 0.107. The van der Waals surface area contributed by atoms with Crippen molar-refractivity contribution >= 4 is 37.2 Å². The lowest BCUT2D eigenvalue weighted by Crippen LogP contribution is -2.41. The minimum Gasteiger partial charge on any atom is -0.459 e. The smallest absolute Gasteiger partial charge is 0.348 e. The van der Waals surface area contributed by atoms with Crippen LogP contribution in [0.5, 0.6) is 0 Å². The Kier molecular flexibility index (Phi) is 12.9. The summed E-state index contributed by atoms with van der Waals surface area (Å²) in [7, 11) is -1.95. The van der Waals surface area contributed by atoms with E-state index in [2.05, 4.69) is 65.1 Å². The Hall–Kier alpha value is -2.08. The molecule has 1 aromatic heterocycles. The average molecular weight is 688 g/mol. The summed E-state index contributed by atoms with van der Waals surface area (Å²) in [6.45, 7) is 17.1. The Morgan fingerprint density at radius 1 is 1.09 bits per heavy atom. The van der Waals surface area contributed by atoms with Crippen molar-refractivity contribution in [3.8, 4) is 0 Å². The Morgan fingerprint density at radius 3 is 2.45 bits per heavy atom. The van der Waals surface area contributed by atoms with Crippen LogP contribution >= 0.6 is 11.3 Å². The lowest BCUT2D eigenvalue weighted by atomic mass is 10.0. The molecule has 2 aromatic rings. The molecule has 0 spiro atoms. The van der Waals surface area contributed by atoms with Crippen LogP contribution in [0.25, 0.3) is 0 Å². The topological polar surface area (TPSA) is 94.5 Å². The fraction of sp³-hybridized carbons (Fsp3) is 0.676. The number of carbonyl (C=O) groups is 2. The second kappa shape index (κ2) is 16.1. The number of carbonyl (C=O) groups excluding carboxylic acids is 2. The molecule has 0 radical (unpaired) electrons. The number of aliphatic hydroxyl groups is 1. The summed E-state index contributed by atoms with van der Waals surface area (Å²) in [5.41, 5.74) is 2.16. The number of hydrogen-bond donors (Lipinski definition) is 1. The van der Waals surface area contributed by atoms with Gasteiger partial charge in [-0.1, -0.05) is 59.1 Å². The number of amides is 1. The van der Waals surface area contributed by atoms with E-state index in [0.717, 1.165) is 49.1 Å². The van der Waals surface area contributed by atoms with Crippen molar-refractivity contribution in [3.05, 3.63) is 51.7 Å². The predicted octanol–water partition coefficient (Wildman–Crippen LogP) is 8.58. The van der Waals surface area contributed by atoms with Crippen molar-refractivity contribution in [2.75, 3.05) is 18.1 Å². The van der Waals surface area contributed by atoms with Gasteiger partial charge in [0.25, 0.3) is 0 Å². The summed E-state index contributed by atoms with van der Waals surface area (Å²) in [5, 5.41) is 9.70. The van der Waals surface area contributed by atoms with Gasteiger partial charge in [0, 0.05) is 23.0 Å². The van der Waals surface area contributed by atoms with E-state index in [1.807, 2.05) is 11.0 Å². The molecule has 1 aromatic carbocycles. The fourth-order valence-corrected chi connectivity index (χ4v) is 8.46. The number of rotatable bonds is 16. The zero-order chi connectivity index (χ0) is 34.4. The number of esters is 1. The highest BCUT2D eigenvalue weighted by molar-refractivity contribution is 7.13. The lowest BCUT2D eigenvalue weighted by Gasteiger charge is -2.39. The first-order valence-electron chi connectivity index (χ1n) is 17.5. The molecule has 2 fully saturated rings. The van der Waals surface area contributed by atoms with Gasteiger partial charge in [0.2, 0.25) is 5.91 Å². The average Bonchev–Trinajstić information content (AvgIpc) is 3.71. The van der Waals surface area contributed by atoms with Crippen LogP contribution in [0.2, 0.25) is 18.1 Å². The number of benzene rings is 1. The van der Waals surface area contributed by atoms with E-state index in [9.17, 15) is 14.7 Å². The van der Waals surface area contributed by atoms with Crippen LogP contribution in [0, 0.1) is 0 Å². The predicted molar refractivity (Wildman–Crippen MR) is 191 cm³/mol. The van der Waals surface area contributed by atoms with Gasteiger partial charge in [0.1, 0.15) is 23.7 Å². The number of ether oxygens (including phenoxy) is 3. The van der Waals surface area contributed by atoms with Crippen LogP contribution in [0.3, 0.4) is 0 Å². The first-order chi connectivity index (χ1) is 22.1. The van der Waals surface area contributed by atoms with Gasteiger partial charge in [-0.05, 0) is 93.9 Å². The Labute approximate surface area is 287 Å². The molecule has 0 bridgehead atoms. The van der Waals surface area contributed by atoms with Gasteiger partial charge >= 0.3 is 5.97 Å². The van der Waals surface area contributed by atoms with E-state index in [1.54, 1.807) is 19.9 Å². The minimum absolute atomic E-state index is 0.0242. The number of aryl methyl sites for hydroxylation is 1. The van der Waals surface area contributed by atoms with Crippen LogP contribution < -0.4 is 4.90 Å². The number of nitrogens with zero attached hydrogens (tertiary/aromatic N) is 1. The highest BCUT2D eigenvalue weighted by Crippen LogP contribution is 2.41. The number of anilines is 1. The molecule has 2 aliphatic rings. The van der Waals surface area contributed by atoms with Crippen molar-refractivity contribution < 1.29 is 33.3 Å². The highest BCUT2D eigenvalue weighted by atomic mass is 32.1. The zero-order valence-electron chi connectivity index (χ0n) is 29.8. The largest absolute Gasteiger partial charge is 0.459 e. The molecule has 1 amide bonds. The SMILES string of the molecule is CCCCC[C@H](O[Si](C)(C)C(C)(C)C)c1ccc(N2C(=O)CCC2CCCc2ccc(C(=O)OC[C@@H]3OC(C)(C)O[C@H]3CO)s2)cc1. The molecule has 2 aliphatic heterocycles. The minimum atomic E-state index is -1.95. The summed E-state index contributed by atoms with van der Waals surface area (Å²) in [6.07, 6.45) is 7.66. The van der Waals surface area contributed by atoms with Gasteiger partial charge < -0.3 is 28.6 Å². The van der Waals surface area contributed by atoms with Crippen molar-refractivity contribution in [1.82, 2.24) is 0 Å². The van der Waals surface area contributed by atoms with E-state index in [-0.39, 0.29) is 36.3 Å². The van der Waals surface area contributed by atoms with Gasteiger partial charge in [-0.15, -0.1) is 11.3 Å². The maximum atomic E-state index is 13.0. The van der Waals surface area contributed by atoms with E-state index in [4.69, 9.17) is 18.6 Å². The third kappa shape index (κ3) is 9.98. The van der Waals surface area contributed by atoms with Crippen LogP contribution in [0.1, 0.15) is 119 Å². The van der Waals surface area contributed by atoms with E-state index < -0.39 is 32.3 Å². The molecule has 10 heteroatoms. The fourth-order valence-electron chi connectivity index (χ4n) is 6.19. The molecule has 262 valence electrons. The molecule has 4 atom stereocenters. The normalized spacial score (nSPS) is 22.2. The summed E-state index contributed by atoms with van der Waals surface area (Å²) >= 11 is 1.44. The molecule has 0 aliphatic carbocycles. The molecule has 0 saturated carbocycles. The third-order valence-electron chi connectivity index (χ3n) is 9.85. The van der Waals surface area contributed by atoms with E-state index in [1.165, 1.54) is 29.7 Å². The van der Waals surface area contributed by atoms with Crippen molar-refractivity contribution in [2.45, 2.75) is 148 Å². The summed E-state index contributed by atoms with van der Waals surface area (Å²) in [6, 6.07) is 12.5. The van der Waals surface area contributed by atoms with Crippen molar-refractivity contribution in [1.29, 1.82) is 0 Å². The second-order valence-corrected chi connectivity index (χ2v) is 21.0. The van der Waals surface area contributed by atoms with Crippen LogP contribution in [0.4, 0.5) is 5.69 Å². The number of unbranched alkanes of at least 4 members (excludes halogenated alkanes) is 2. The Morgan fingerprint density at radius 2 is 1.79 bits per heavy atom. The van der Waals surface area contributed by atoms with E-state index >= 15 is 0 Å². The molecule has 1 N–H and O–H groups in total. The number of thiophene rings is 1. The monoisotopic (exact) mass is 687 g/mol. The van der Waals surface area contributed by atoms with E-state index in [0.29, 0.717) is 11.3 Å². The first-order valence-corrected chi connectivity index (χ1v) is 21.2.